The summed E-state index contributed by atoms with van der Waals surface area (Å²) in [6, 6.07) is 12.9. The van der Waals surface area contributed by atoms with Gasteiger partial charge < -0.3 is 14.8 Å². The normalized spacial score (nSPS) is 10.7. The van der Waals surface area contributed by atoms with Crippen LogP contribution < -0.4 is 14.8 Å². The van der Waals surface area contributed by atoms with Crippen LogP contribution in [-0.4, -0.2) is 6.61 Å². The standard InChI is InChI=1S/C22H18Cl4FNO2/c1-2-29-21-5-14(11-28-18-7-15(23)6-16(24)8-18)20(26)10-22(21)30-12-13-3-4-17(27)9-19(13)25/h3-10,28H,2,11-12H2,1H3. The molecular formula is C22H18Cl4FNO2. The van der Waals surface area contributed by atoms with Crippen molar-refractivity contribution in [2.75, 3.05) is 11.9 Å². The number of ether oxygens (including phenoxy) is 2. The monoisotopic (exact) mass is 487 g/mol. The molecule has 0 heterocycles. The van der Waals surface area contributed by atoms with Gasteiger partial charge in [-0.05, 0) is 48.9 Å². The van der Waals surface area contributed by atoms with Crippen LogP contribution in [-0.2, 0) is 13.2 Å². The van der Waals surface area contributed by atoms with Crippen LogP contribution in [0.3, 0.4) is 0 Å². The molecule has 0 amide bonds. The summed E-state index contributed by atoms with van der Waals surface area (Å²) in [5, 5.41) is 5.10. The Hall–Kier alpha value is -1.85. The summed E-state index contributed by atoms with van der Waals surface area (Å²) in [5.41, 5.74) is 2.23. The predicted molar refractivity (Wildman–Crippen MR) is 122 cm³/mol. The van der Waals surface area contributed by atoms with Crippen molar-refractivity contribution in [1.29, 1.82) is 0 Å². The second-order valence-electron chi connectivity index (χ2n) is 6.36. The van der Waals surface area contributed by atoms with Crippen LogP contribution in [0.25, 0.3) is 0 Å². The molecule has 3 aromatic carbocycles. The van der Waals surface area contributed by atoms with E-state index in [0.29, 0.717) is 50.3 Å². The van der Waals surface area contributed by atoms with E-state index in [4.69, 9.17) is 55.9 Å². The van der Waals surface area contributed by atoms with Crippen LogP contribution in [0.4, 0.5) is 10.1 Å². The van der Waals surface area contributed by atoms with E-state index in [1.54, 1.807) is 30.3 Å². The van der Waals surface area contributed by atoms with Gasteiger partial charge in [-0.25, -0.2) is 4.39 Å². The van der Waals surface area contributed by atoms with Gasteiger partial charge in [-0.15, -0.1) is 0 Å². The molecule has 3 aromatic rings. The average Bonchev–Trinajstić information content (AvgIpc) is 2.67. The van der Waals surface area contributed by atoms with E-state index in [1.807, 2.05) is 13.0 Å². The first-order valence-corrected chi connectivity index (χ1v) is 10.6. The first-order valence-electron chi connectivity index (χ1n) is 9.07. The zero-order chi connectivity index (χ0) is 21.7. The number of hydrogen-bond donors (Lipinski definition) is 1. The van der Waals surface area contributed by atoms with Gasteiger partial charge in [-0.2, -0.15) is 0 Å². The molecule has 0 aliphatic heterocycles. The van der Waals surface area contributed by atoms with Crippen LogP contribution in [0.5, 0.6) is 11.5 Å². The fourth-order valence-corrected chi connectivity index (χ4v) is 3.71. The molecule has 0 bridgehead atoms. The first kappa shape index (κ1) is 22.8. The second kappa shape index (κ2) is 10.5. The van der Waals surface area contributed by atoms with E-state index in [1.165, 1.54) is 12.1 Å². The Balaban J connectivity index is 1.77. The van der Waals surface area contributed by atoms with Gasteiger partial charge in [-0.1, -0.05) is 52.5 Å². The summed E-state index contributed by atoms with van der Waals surface area (Å²) in [5.74, 6) is 0.609. The van der Waals surface area contributed by atoms with Crippen LogP contribution in [0.1, 0.15) is 18.1 Å². The van der Waals surface area contributed by atoms with Crippen molar-refractivity contribution in [2.45, 2.75) is 20.1 Å². The summed E-state index contributed by atoms with van der Waals surface area (Å²) >= 11 is 24.6. The lowest BCUT2D eigenvalue weighted by Crippen LogP contribution is -2.04. The minimum Gasteiger partial charge on any atom is -0.490 e. The molecule has 0 saturated carbocycles. The third-order valence-electron chi connectivity index (χ3n) is 4.16. The fourth-order valence-electron chi connectivity index (χ4n) is 2.74. The van der Waals surface area contributed by atoms with Gasteiger partial charge in [0.2, 0.25) is 0 Å². The molecule has 0 spiro atoms. The first-order chi connectivity index (χ1) is 14.4. The molecule has 0 fully saturated rings. The van der Waals surface area contributed by atoms with Crippen molar-refractivity contribution in [1.82, 2.24) is 0 Å². The number of nitrogens with one attached hydrogen (secondary N) is 1. The van der Waals surface area contributed by atoms with E-state index in [2.05, 4.69) is 5.32 Å². The lowest BCUT2D eigenvalue weighted by atomic mass is 10.2. The molecule has 1 N–H and O–H groups in total. The van der Waals surface area contributed by atoms with Gasteiger partial charge in [0.05, 0.1) is 11.6 Å². The fraction of sp³-hybridized carbons (Fsp3) is 0.182. The quantitative estimate of drug-likeness (QED) is 0.348. The van der Waals surface area contributed by atoms with Gasteiger partial charge in [0.15, 0.2) is 11.5 Å². The van der Waals surface area contributed by atoms with Crippen LogP contribution >= 0.6 is 46.4 Å². The molecule has 0 atom stereocenters. The van der Waals surface area contributed by atoms with Crippen molar-refractivity contribution in [2.24, 2.45) is 0 Å². The SMILES string of the molecule is CCOc1cc(CNc2cc(Cl)cc(Cl)c2)c(Cl)cc1OCc1ccc(F)cc1Cl. The molecule has 3 rings (SSSR count). The molecule has 0 unspecified atom stereocenters. The Labute approximate surface area is 194 Å². The molecule has 0 aliphatic rings. The zero-order valence-corrected chi connectivity index (χ0v) is 19.0. The lowest BCUT2D eigenvalue weighted by molar-refractivity contribution is 0.269. The number of anilines is 1. The maximum absolute atomic E-state index is 13.2. The maximum Gasteiger partial charge on any atom is 0.163 e. The largest absolute Gasteiger partial charge is 0.490 e. The lowest BCUT2D eigenvalue weighted by Gasteiger charge is -2.16. The highest BCUT2D eigenvalue weighted by molar-refractivity contribution is 6.35. The minimum absolute atomic E-state index is 0.147. The number of rotatable bonds is 8. The van der Waals surface area contributed by atoms with Crippen LogP contribution in [0.2, 0.25) is 20.1 Å². The van der Waals surface area contributed by atoms with Gasteiger partial charge in [0.1, 0.15) is 12.4 Å². The van der Waals surface area contributed by atoms with Crippen molar-refractivity contribution >= 4 is 52.1 Å². The van der Waals surface area contributed by atoms with E-state index < -0.39 is 5.82 Å². The highest BCUT2D eigenvalue weighted by atomic mass is 35.5. The van der Waals surface area contributed by atoms with Gasteiger partial charge in [0.25, 0.3) is 0 Å². The van der Waals surface area contributed by atoms with Crippen molar-refractivity contribution < 1.29 is 13.9 Å². The molecule has 158 valence electrons. The Morgan fingerprint density at radius 3 is 2.13 bits per heavy atom. The molecule has 30 heavy (non-hydrogen) atoms. The Morgan fingerprint density at radius 2 is 1.47 bits per heavy atom. The zero-order valence-electron chi connectivity index (χ0n) is 15.9. The highest BCUT2D eigenvalue weighted by Crippen LogP contribution is 2.35. The Kier molecular flexibility index (Phi) is 7.95. The Morgan fingerprint density at radius 1 is 0.800 bits per heavy atom. The topological polar surface area (TPSA) is 30.5 Å². The van der Waals surface area contributed by atoms with Gasteiger partial charge in [-0.3, -0.25) is 0 Å². The van der Waals surface area contributed by atoms with Crippen LogP contribution in [0, 0.1) is 5.82 Å². The number of halogens is 5. The van der Waals surface area contributed by atoms with E-state index in [0.717, 1.165) is 11.3 Å². The average molecular weight is 489 g/mol. The van der Waals surface area contributed by atoms with Crippen molar-refractivity contribution in [3.8, 4) is 11.5 Å². The van der Waals surface area contributed by atoms with Crippen LogP contribution in [0.15, 0.2) is 48.5 Å². The molecular weight excluding hydrogens is 471 g/mol. The van der Waals surface area contributed by atoms with E-state index in [9.17, 15) is 4.39 Å². The third kappa shape index (κ3) is 6.08. The Bertz CT molecular complexity index is 1030. The van der Waals surface area contributed by atoms with E-state index in [-0.39, 0.29) is 6.61 Å². The summed E-state index contributed by atoms with van der Waals surface area (Å²) in [6.07, 6.45) is 0. The molecule has 0 saturated heterocycles. The van der Waals surface area contributed by atoms with Crippen molar-refractivity contribution in [3.05, 3.63) is 85.6 Å². The molecule has 0 aliphatic carbocycles. The molecule has 3 nitrogen and oxygen atoms in total. The molecule has 8 heteroatoms. The summed E-state index contributed by atoms with van der Waals surface area (Å²) < 4.78 is 24.8. The summed E-state index contributed by atoms with van der Waals surface area (Å²) in [6.45, 7) is 2.90. The van der Waals surface area contributed by atoms with E-state index >= 15 is 0 Å². The number of hydrogen-bond acceptors (Lipinski definition) is 3. The summed E-state index contributed by atoms with van der Waals surface area (Å²) in [7, 11) is 0. The highest BCUT2D eigenvalue weighted by Gasteiger charge is 2.13. The maximum atomic E-state index is 13.2. The number of benzene rings is 3. The second-order valence-corrected chi connectivity index (χ2v) is 8.05. The van der Waals surface area contributed by atoms with Gasteiger partial charge >= 0.3 is 0 Å². The molecule has 0 radical (unpaired) electrons. The van der Waals surface area contributed by atoms with Crippen molar-refractivity contribution in [3.63, 3.8) is 0 Å². The smallest absolute Gasteiger partial charge is 0.163 e. The predicted octanol–water partition coefficient (Wildman–Crippen LogP) is 8.03. The minimum atomic E-state index is -0.403. The molecule has 0 aromatic heterocycles. The third-order valence-corrected chi connectivity index (χ3v) is 5.30. The van der Waals surface area contributed by atoms with Gasteiger partial charge in [0, 0.05) is 38.9 Å². The summed E-state index contributed by atoms with van der Waals surface area (Å²) in [4.78, 5) is 0.